The van der Waals surface area contributed by atoms with Crippen LogP contribution in [0.4, 0.5) is 5.69 Å². The van der Waals surface area contributed by atoms with Gasteiger partial charge in [-0.15, -0.1) is 0 Å². The number of anilines is 1. The molecule has 1 N–H and O–H groups in total. The third kappa shape index (κ3) is 3.76. The summed E-state index contributed by atoms with van der Waals surface area (Å²) in [6, 6.07) is 19.9. The van der Waals surface area contributed by atoms with Gasteiger partial charge in [0.25, 0.3) is 0 Å². The largest absolute Gasteiger partial charge is 0.494 e. The predicted octanol–water partition coefficient (Wildman–Crippen LogP) is 3.80. The van der Waals surface area contributed by atoms with Crippen molar-refractivity contribution in [2.24, 2.45) is 0 Å². The summed E-state index contributed by atoms with van der Waals surface area (Å²) in [5, 5.41) is 12.6. The molecule has 0 radical (unpaired) electrons. The van der Waals surface area contributed by atoms with Crippen molar-refractivity contribution in [1.29, 1.82) is 5.26 Å². The molecule has 0 saturated heterocycles. The van der Waals surface area contributed by atoms with Gasteiger partial charge in [0.1, 0.15) is 5.75 Å². The summed E-state index contributed by atoms with van der Waals surface area (Å²) in [6.07, 6.45) is 0. The molecular weight excluding hydrogens is 248 g/mol. The van der Waals surface area contributed by atoms with Crippen molar-refractivity contribution < 1.29 is 4.74 Å². The average Bonchev–Trinajstić information content (AvgIpc) is 2.50. The van der Waals surface area contributed by atoms with Crippen molar-refractivity contribution >= 4 is 5.69 Å². The van der Waals surface area contributed by atoms with Gasteiger partial charge in [0.05, 0.1) is 18.6 Å². The smallest absolute Gasteiger partial charge is 0.121 e. The zero-order chi connectivity index (χ0) is 14.2. The lowest BCUT2D eigenvalue weighted by Gasteiger charge is -2.13. The van der Waals surface area contributed by atoms with Crippen LogP contribution in [-0.4, -0.2) is 13.2 Å². The molecule has 0 heterocycles. The highest BCUT2D eigenvalue weighted by molar-refractivity contribution is 5.48. The van der Waals surface area contributed by atoms with Crippen LogP contribution < -0.4 is 10.1 Å². The number of nitriles is 1. The SMILES string of the molecule is CCOc1cccc(NCC(C#N)c2ccccc2)c1. The van der Waals surface area contributed by atoms with E-state index in [0.29, 0.717) is 13.2 Å². The van der Waals surface area contributed by atoms with Crippen molar-refractivity contribution in [2.45, 2.75) is 12.8 Å². The molecule has 0 aliphatic rings. The Bertz CT molecular complexity index is 575. The summed E-state index contributed by atoms with van der Waals surface area (Å²) in [7, 11) is 0. The number of benzene rings is 2. The topological polar surface area (TPSA) is 45.0 Å². The standard InChI is InChI=1S/C17H18N2O/c1-2-20-17-10-6-9-16(11-17)19-13-15(12-18)14-7-4-3-5-8-14/h3-11,15,19H,2,13H2,1H3. The number of nitrogens with zero attached hydrogens (tertiary/aromatic N) is 1. The fourth-order valence-corrected chi connectivity index (χ4v) is 2.01. The van der Waals surface area contributed by atoms with Gasteiger partial charge in [-0.1, -0.05) is 36.4 Å². The molecule has 0 saturated carbocycles. The minimum absolute atomic E-state index is 0.160. The molecule has 3 nitrogen and oxygen atoms in total. The Hall–Kier alpha value is -2.47. The van der Waals surface area contributed by atoms with Gasteiger partial charge in [0.2, 0.25) is 0 Å². The van der Waals surface area contributed by atoms with Gasteiger partial charge in [-0.2, -0.15) is 5.26 Å². The summed E-state index contributed by atoms with van der Waals surface area (Å²) in [4.78, 5) is 0. The lowest BCUT2D eigenvalue weighted by Crippen LogP contribution is -2.11. The molecule has 0 fully saturated rings. The number of hydrogen-bond acceptors (Lipinski definition) is 3. The molecule has 2 rings (SSSR count). The normalized spacial score (nSPS) is 11.4. The lowest BCUT2D eigenvalue weighted by molar-refractivity contribution is 0.340. The zero-order valence-corrected chi connectivity index (χ0v) is 11.5. The van der Waals surface area contributed by atoms with E-state index in [1.165, 1.54) is 0 Å². The molecule has 1 atom stereocenters. The maximum atomic E-state index is 9.28. The highest BCUT2D eigenvalue weighted by Gasteiger charge is 2.09. The summed E-state index contributed by atoms with van der Waals surface area (Å²) >= 11 is 0. The third-order valence-electron chi connectivity index (χ3n) is 3.01. The molecule has 20 heavy (non-hydrogen) atoms. The molecular formula is C17H18N2O. The summed E-state index contributed by atoms with van der Waals surface area (Å²) < 4.78 is 5.46. The van der Waals surface area contributed by atoms with Crippen molar-refractivity contribution in [3.8, 4) is 11.8 Å². The van der Waals surface area contributed by atoms with E-state index in [2.05, 4.69) is 11.4 Å². The van der Waals surface area contributed by atoms with Crippen molar-refractivity contribution in [1.82, 2.24) is 0 Å². The molecule has 0 spiro atoms. The Morgan fingerprint density at radius 2 is 1.95 bits per heavy atom. The van der Waals surface area contributed by atoms with Crippen LogP contribution >= 0.6 is 0 Å². The average molecular weight is 266 g/mol. The van der Waals surface area contributed by atoms with Crippen molar-refractivity contribution in [3.05, 3.63) is 60.2 Å². The highest BCUT2D eigenvalue weighted by atomic mass is 16.5. The van der Waals surface area contributed by atoms with Crippen LogP contribution in [0.1, 0.15) is 18.4 Å². The van der Waals surface area contributed by atoms with Crippen LogP contribution in [0.5, 0.6) is 5.75 Å². The van der Waals surface area contributed by atoms with E-state index in [0.717, 1.165) is 17.0 Å². The Morgan fingerprint density at radius 3 is 2.65 bits per heavy atom. The van der Waals surface area contributed by atoms with Gasteiger partial charge in [-0.05, 0) is 24.6 Å². The van der Waals surface area contributed by atoms with Crippen molar-refractivity contribution in [3.63, 3.8) is 0 Å². The van der Waals surface area contributed by atoms with E-state index >= 15 is 0 Å². The van der Waals surface area contributed by atoms with Gasteiger partial charge >= 0.3 is 0 Å². The summed E-state index contributed by atoms with van der Waals surface area (Å²) in [5.41, 5.74) is 2.00. The first-order valence-corrected chi connectivity index (χ1v) is 6.74. The van der Waals surface area contributed by atoms with E-state index in [1.54, 1.807) is 0 Å². The molecule has 0 bridgehead atoms. The van der Waals surface area contributed by atoms with Crippen LogP contribution in [0.15, 0.2) is 54.6 Å². The Kier molecular flexibility index (Phi) is 5.02. The van der Waals surface area contributed by atoms with Gasteiger partial charge in [-0.25, -0.2) is 0 Å². The molecule has 2 aromatic rings. The molecule has 2 aromatic carbocycles. The lowest BCUT2D eigenvalue weighted by atomic mass is 10.0. The second-order valence-electron chi connectivity index (χ2n) is 4.43. The van der Waals surface area contributed by atoms with Crippen LogP contribution in [0.2, 0.25) is 0 Å². The van der Waals surface area contributed by atoms with Gasteiger partial charge in [0.15, 0.2) is 0 Å². The molecule has 0 aliphatic carbocycles. The number of nitrogens with one attached hydrogen (secondary N) is 1. The third-order valence-corrected chi connectivity index (χ3v) is 3.01. The van der Waals surface area contributed by atoms with Crippen LogP contribution in [0.3, 0.4) is 0 Å². The molecule has 0 amide bonds. The second kappa shape index (κ2) is 7.20. The molecule has 3 heteroatoms. The predicted molar refractivity (Wildman–Crippen MR) is 80.9 cm³/mol. The number of hydrogen-bond donors (Lipinski definition) is 1. The van der Waals surface area contributed by atoms with Crippen LogP contribution in [-0.2, 0) is 0 Å². The molecule has 102 valence electrons. The highest BCUT2D eigenvalue weighted by Crippen LogP contribution is 2.20. The maximum absolute atomic E-state index is 9.28. The summed E-state index contributed by atoms with van der Waals surface area (Å²) in [6.45, 7) is 3.19. The second-order valence-corrected chi connectivity index (χ2v) is 4.43. The minimum Gasteiger partial charge on any atom is -0.494 e. The first-order valence-electron chi connectivity index (χ1n) is 6.74. The van der Waals surface area contributed by atoms with E-state index in [1.807, 2.05) is 61.5 Å². The Balaban J connectivity index is 2.00. The monoisotopic (exact) mass is 266 g/mol. The molecule has 0 aliphatic heterocycles. The zero-order valence-electron chi connectivity index (χ0n) is 11.5. The first-order chi connectivity index (χ1) is 9.83. The number of ether oxygens (including phenoxy) is 1. The Labute approximate surface area is 119 Å². The first kappa shape index (κ1) is 14.0. The Morgan fingerprint density at radius 1 is 1.15 bits per heavy atom. The fourth-order valence-electron chi connectivity index (χ4n) is 2.01. The van der Waals surface area contributed by atoms with Crippen LogP contribution in [0.25, 0.3) is 0 Å². The quantitative estimate of drug-likeness (QED) is 0.864. The van der Waals surface area contributed by atoms with Crippen molar-refractivity contribution in [2.75, 3.05) is 18.5 Å². The minimum atomic E-state index is -0.160. The van der Waals surface area contributed by atoms with E-state index < -0.39 is 0 Å². The van der Waals surface area contributed by atoms with E-state index in [9.17, 15) is 5.26 Å². The molecule has 0 aromatic heterocycles. The van der Waals surface area contributed by atoms with Gasteiger partial charge in [-0.3, -0.25) is 0 Å². The fraction of sp³-hybridized carbons (Fsp3) is 0.235. The number of rotatable bonds is 6. The molecule has 1 unspecified atom stereocenters. The maximum Gasteiger partial charge on any atom is 0.121 e. The van der Waals surface area contributed by atoms with Gasteiger partial charge < -0.3 is 10.1 Å². The van der Waals surface area contributed by atoms with E-state index in [4.69, 9.17) is 4.74 Å². The summed E-state index contributed by atoms with van der Waals surface area (Å²) in [5.74, 6) is 0.678. The van der Waals surface area contributed by atoms with Crippen LogP contribution in [0, 0.1) is 11.3 Å². The van der Waals surface area contributed by atoms with Gasteiger partial charge in [0, 0.05) is 18.3 Å². The van der Waals surface area contributed by atoms with E-state index in [-0.39, 0.29) is 5.92 Å².